The lowest BCUT2D eigenvalue weighted by Crippen LogP contribution is -2.47. The molecule has 0 aliphatic heterocycles. The van der Waals surface area contributed by atoms with Crippen LogP contribution in [0.25, 0.3) is 0 Å². The van der Waals surface area contributed by atoms with E-state index in [1.165, 1.54) is 6.92 Å². The number of anilines is 3. The smallest absolute Gasteiger partial charge is 0.247 e. The Hall–Kier alpha value is -2.82. The Labute approximate surface area is 154 Å². The van der Waals surface area contributed by atoms with E-state index in [1.54, 1.807) is 0 Å². The minimum Gasteiger partial charge on any atom is -0.356 e. The van der Waals surface area contributed by atoms with E-state index in [4.69, 9.17) is 0 Å². The van der Waals surface area contributed by atoms with E-state index in [0.717, 1.165) is 42.7 Å². The highest BCUT2D eigenvalue weighted by molar-refractivity contribution is 5.97. The Morgan fingerprint density at radius 2 is 1.46 bits per heavy atom. The van der Waals surface area contributed by atoms with Crippen molar-refractivity contribution in [2.45, 2.75) is 38.6 Å². The zero-order valence-corrected chi connectivity index (χ0v) is 15.0. The molecule has 1 unspecified atom stereocenters. The van der Waals surface area contributed by atoms with Crippen molar-refractivity contribution in [3.8, 4) is 0 Å². The summed E-state index contributed by atoms with van der Waals surface area (Å²) < 4.78 is 0. The van der Waals surface area contributed by atoms with Crippen LogP contribution in [0.4, 0.5) is 17.1 Å². The van der Waals surface area contributed by atoms with Gasteiger partial charge in [-0.3, -0.25) is 9.59 Å². The van der Waals surface area contributed by atoms with Crippen molar-refractivity contribution in [1.29, 1.82) is 0 Å². The minimum atomic E-state index is -0.461. The van der Waals surface area contributed by atoms with Crippen LogP contribution < -0.4 is 16.0 Å². The van der Waals surface area contributed by atoms with Crippen LogP contribution in [-0.2, 0) is 9.59 Å². The molecule has 0 radical (unpaired) electrons. The molecule has 1 aliphatic carbocycles. The van der Waals surface area contributed by atoms with E-state index in [0.29, 0.717) is 0 Å². The number of carbonyl (C=O) groups is 2. The fourth-order valence-electron chi connectivity index (χ4n) is 3.45. The second-order valence-corrected chi connectivity index (χ2v) is 6.78. The number of nitrogens with one attached hydrogen (secondary N) is 3. The first kappa shape index (κ1) is 18.0. The number of rotatable bonds is 6. The van der Waals surface area contributed by atoms with Gasteiger partial charge in [-0.05, 0) is 55.2 Å². The van der Waals surface area contributed by atoms with Gasteiger partial charge in [-0.2, -0.15) is 0 Å². The van der Waals surface area contributed by atoms with Gasteiger partial charge in [0.15, 0.2) is 0 Å². The standard InChI is InChI=1S/C21H25N3O2/c1-15(25)22-20(16-7-5-6-8-16)21(26)24-19-13-11-18(12-14-19)23-17-9-3-2-4-10-17/h2-4,9-14,16,20,23H,5-8H2,1H3,(H,22,25)(H,24,26). The summed E-state index contributed by atoms with van der Waals surface area (Å²) >= 11 is 0. The van der Waals surface area contributed by atoms with Gasteiger partial charge in [-0.15, -0.1) is 0 Å². The molecule has 0 heterocycles. The van der Waals surface area contributed by atoms with Gasteiger partial charge in [-0.1, -0.05) is 31.0 Å². The van der Waals surface area contributed by atoms with E-state index in [-0.39, 0.29) is 17.7 Å². The van der Waals surface area contributed by atoms with Crippen LogP contribution in [0.2, 0.25) is 0 Å². The molecule has 3 rings (SSSR count). The molecule has 5 heteroatoms. The molecule has 0 saturated heterocycles. The molecule has 1 aliphatic rings. The first-order valence-corrected chi connectivity index (χ1v) is 9.12. The molecule has 2 amide bonds. The maximum absolute atomic E-state index is 12.7. The zero-order chi connectivity index (χ0) is 18.4. The summed E-state index contributed by atoms with van der Waals surface area (Å²) in [6.07, 6.45) is 4.21. The Morgan fingerprint density at radius 1 is 0.885 bits per heavy atom. The second-order valence-electron chi connectivity index (χ2n) is 6.78. The summed E-state index contributed by atoms with van der Waals surface area (Å²) in [5.41, 5.74) is 2.68. The van der Waals surface area contributed by atoms with Crippen LogP contribution in [0.1, 0.15) is 32.6 Å². The molecule has 1 atom stereocenters. The van der Waals surface area contributed by atoms with Crippen molar-refractivity contribution < 1.29 is 9.59 Å². The molecule has 2 aromatic rings. The summed E-state index contributed by atoms with van der Waals surface area (Å²) in [4.78, 5) is 24.2. The van der Waals surface area contributed by atoms with Crippen molar-refractivity contribution in [2.75, 3.05) is 10.6 Å². The molecule has 2 aromatic carbocycles. The van der Waals surface area contributed by atoms with Crippen LogP contribution in [0.5, 0.6) is 0 Å². The van der Waals surface area contributed by atoms with Gasteiger partial charge in [0.1, 0.15) is 6.04 Å². The largest absolute Gasteiger partial charge is 0.356 e. The van der Waals surface area contributed by atoms with Gasteiger partial charge in [0.05, 0.1) is 0 Å². The monoisotopic (exact) mass is 351 g/mol. The van der Waals surface area contributed by atoms with Crippen molar-refractivity contribution in [1.82, 2.24) is 5.32 Å². The Balaban J connectivity index is 1.63. The van der Waals surface area contributed by atoms with Crippen LogP contribution in [0.15, 0.2) is 54.6 Å². The average molecular weight is 351 g/mol. The summed E-state index contributed by atoms with van der Waals surface area (Å²) in [6, 6.07) is 17.0. The number of carbonyl (C=O) groups excluding carboxylic acids is 2. The van der Waals surface area contributed by atoms with Crippen molar-refractivity contribution in [2.24, 2.45) is 5.92 Å². The topological polar surface area (TPSA) is 70.2 Å². The number of benzene rings is 2. The molecule has 1 saturated carbocycles. The highest BCUT2D eigenvalue weighted by atomic mass is 16.2. The predicted octanol–water partition coefficient (Wildman–Crippen LogP) is 4.06. The molecular weight excluding hydrogens is 326 g/mol. The van der Waals surface area contributed by atoms with Crippen molar-refractivity contribution >= 4 is 28.9 Å². The highest BCUT2D eigenvalue weighted by Gasteiger charge is 2.31. The Kier molecular flexibility index (Phi) is 5.89. The minimum absolute atomic E-state index is 0.143. The highest BCUT2D eigenvalue weighted by Crippen LogP contribution is 2.28. The average Bonchev–Trinajstić information content (AvgIpc) is 3.16. The molecule has 3 N–H and O–H groups in total. The molecule has 0 bridgehead atoms. The number of hydrogen-bond donors (Lipinski definition) is 3. The Bertz CT molecular complexity index is 738. The van der Waals surface area contributed by atoms with Gasteiger partial charge < -0.3 is 16.0 Å². The maximum Gasteiger partial charge on any atom is 0.247 e. The molecule has 5 nitrogen and oxygen atoms in total. The molecule has 26 heavy (non-hydrogen) atoms. The van der Waals surface area contributed by atoms with Crippen LogP contribution in [0, 0.1) is 5.92 Å². The van der Waals surface area contributed by atoms with Gasteiger partial charge >= 0.3 is 0 Å². The lowest BCUT2D eigenvalue weighted by atomic mass is 9.97. The summed E-state index contributed by atoms with van der Waals surface area (Å²) in [5, 5.41) is 9.06. The van der Waals surface area contributed by atoms with Gasteiger partial charge in [0, 0.05) is 24.0 Å². The number of hydrogen-bond acceptors (Lipinski definition) is 3. The summed E-state index contributed by atoms with van der Waals surface area (Å²) in [7, 11) is 0. The lowest BCUT2D eigenvalue weighted by molar-refractivity contribution is -0.126. The third kappa shape index (κ3) is 4.85. The fourth-order valence-corrected chi connectivity index (χ4v) is 3.45. The predicted molar refractivity (Wildman–Crippen MR) is 104 cm³/mol. The quantitative estimate of drug-likeness (QED) is 0.735. The van der Waals surface area contributed by atoms with Crippen LogP contribution >= 0.6 is 0 Å². The Morgan fingerprint density at radius 3 is 2.08 bits per heavy atom. The molecule has 0 aromatic heterocycles. The third-order valence-corrected chi connectivity index (χ3v) is 4.73. The van der Waals surface area contributed by atoms with Gasteiger partial charge in [-0.25, -0.2) is 0 Å². The van der Waals surface area contributed by atoms with E-state index >= 15 is 0 Å². The van der Waals surface area contributed by atoms with Crippen LogP contribution in [-0.4, -0.2) is 17.9 Å². The zero-order valence-electron chi connectivity index (χ0n) is 15.0. The maximum atomic E-state index is 12.7. The summed E-state index contributed by atoms with van der Waals surface area (Å²) in [5.74, 6) is -0.0896. The summed E-state index contributed by atoms with van der Waals surface area (Å²) in [6.45, 7) is 1.46. The van der Waals surface area contributed by atoms with Crippen molar-refractivity contribution in [3.63, 3.8) is 0 Å². The fraction of sp³-hybridized carbons (Fsp3) is 0.333. The normalized spacial score (nSPS) is 15.3. The van der Waals surface area contributed by atoms with Gasteiger partial charge in [0.2, 0.25) is 11.8 Å². The number of para-hydroxylation sites is 1. The SMILES string of the molecule is CC(=O)NC(C(=O)Nc1ccc(Nc2ccccc2)cc1)C1CCCC1. The lowest BCUT2D eigenvalue weighted by Gasteiger charge is -2.23. The first-order valence-electron chi connectivity index (χ1n) is 9.12. The number of amides is 2. The second kappa shape index (κ2) is 8.52. The van der Waals surface area contributed by atoms with E-state index in [1.807, 2.05) is 54.6 Å². The van der Waals surface area contributed by atoms with E-state index < -0.39 is 6.04 Å². The molecular formula is C21H25N3O2. The third-order valence-electron chi connectivity index (χ3n) is 4.73. The molecule has 1 fully saturated rings. The van der Waals surface area contributed by atoms with E-state index in [9.17, 15) is 9.59 Å². The first-order chi connectivity index (χ1) is 12.6. The van der Waals surface area contributed by atoms with Crippen molar-refractivity contribution in [3.05, 3.63) is 54.6 Å². The molecule has 0 spiro atoms. The molecule has 136 valence electrons. The van der Waals surface area contributed by atoms with E-state index in [2.05, 4.69) is 16.0 Å². The van der Waals surface area contributed by atoms with Gasteiger partial charge in [0.25, 0.3) is 0 Å². The van der Waals surface area contributed by atoms with Crippen LogP contribution in [0.3, 0.4) is 0 Å².